The molecular weight excluding hydrogens is 196 g/mol. The molecule has 0 radical (unpaired) electrons. The SMILES string of the molecule is CCc1nsc(NCCC(N)CC)n1. The minimum atomic E-state index is 0.293. The summed E-state index contributed by atoms with van der Waals surface area (Å²) in [5, 5.41) is 4.14. The Labute approximate surface area is 89.1 Å². The van der Waals surface area contributed by atoms with Gasteiger partial charge in [-0.1, -0.05) is 13.8 Å². The molecule has 1 atom stereocenters. The van der Waals surface area contributed by atoms with Crippen molar-refractivity contribution < 1.29 is 0 Å². The molecule has 0 spiro atoms. The smallest absolute Gasteiger partial charge is 0.202 e. The summed E-state index contributed by atoms with van der Waals surface area (Å²) in [7, 11) is 0. The Morgan fingerprint density at radius 1 is 1.50 bits per heavy atom. The topological polar surface area (TPSA) is 63.8 Å². The first-order chi connectivity index (χ1) is 6.76. The van der Waals surface area contributed by atoms with Crippen molar-refractivity contribution in [2.45, 2.75) is 39.2 Å². The fourth-order valence-corrected chi connectivity index (χ4v) is 1.71. The Hall–Kier alpha value is -0.680. The zero-order valence-electron chi connectivity index (χ0n) is 8.79. The molecule has 1 aromatic rings. The highest BCUT2D eigenvalue weighted by Gasteiger charge is 2.02. The molecule has 5 heteroatoms. The lowest BCUT2D eigenvalue weighted by Gasteiger charge is -2.07. The zero-order chi connectivity index (χ0) is 10.4. The van der Waals surface area contributed by atoms with E-state index in [-0.39, 0.29) is 0 Å². The highest BCUT2D eigenvalue weighted by atomic mass is 32.1. The average molecular weight is 214 g/mol. The molecule has 0 aliphatic heterocycles. The Kier molecular flexibility index (Phi) is 4.82. The van der Waals surface area contributed by atoms with E-state index in [1.54, 1.807) is 0 Å². The third-order valence-corrected chi connectivity index (χ3v) is 2.81. The van der Waals surface area contributed by atoms with E-state index in [2.05, 4.69) is 28.5 Å². The van der Waals surface area contributed by atoms with Crippen LogP contribution < -0.4 is 11.1 Å². The van der Waals surface area contributed by atoms with Gasteiger partial charge in [0.05, 0.1) is 0 Å². The van der Waals surface area contributed by atoms with E-state index in [0.717, 1.165) is 36.8 Å². The van der Waals surface area contributed by atoms with Gasteiger partial charge in [0.2, 0.25) is 5.13 Å². The lowest BCUT2D eigenvalue weighted by molar-refractivity contribution is 0.613. The van der Waals surface area contributed by atoms with Crippen molar-refractivity contribution in [3.8, 4) is 0 Å². The summed E-state index contributed by atoms with van der Waals surface area (Å²) in [4.78, 5) is 4.31. The van der Waals surface area contributed by atoms with E-state index in [1.807, 2.05) is 0 Å². The molecular formula is C9H18N4S. The van der Waals surface area contributed by atoms with E-state index in [9.17, 15) is 0 Å². The summed E-state index contributed by atoms with van der Waals surface area (Å²) in [6.07, 6.45) is 2.90. The molecule has 0 saturated heterocycles. The monoisotopic (exact) mass is 214 g/mol. The first kappa shape index (κ1) is 11.4. The molecule has 0 bridgehead atoms. The van der Waals surface area contributed by atoms with Crippen molar-refractivity contribution in [2.75, 3.05) is 11.9 Å². The molecule has 1 rings (SSSR count). The lowest BCUT2D eigenvalue weighted by atomic mass is 10.2. The molecule has 4 nitrogen and oxygen atoms in total. The molecule has 0 aliphatic rings. The van der Waals surface area contributed by atoms with E-state index < -0.39 is 0 Å². The molecule has 1 aromatic heterocycles. The number of hydrogen-bond acceptors (Lipinski definition) is 5. The molecule has 0 fully saturated rings. The van der Waals surface area contributed by atoms with Crippen LogP contribution >= 0.6 is 11.5 Å². The molecule has 14 heavy (non-hydrogen) atoms. The maximum absolute atomic E-state index is 5.80. The Morgan fingerprint density at radius 3 is 2.86 bits per heavy atom. The summed E-state index contributed by atoms with van der Waals surface area (Å²) >= 11 is 1.42. The Morgan fingerprint density at radius 2 is 2.29 bits per heavy atom. The van der Waals surface area contributed by atoms with E-state index in [0.29, 0.717) is 6.04 Å². The van der Waals surface area contributed by atoms with Gasteiger partial charge >= 0.3 is 0 Å². The van der Waals surface area contributed by atoms with Crippen molar-refractivity contribution in [1.29, 1.82) is 0 Å². The maximum atomic E-state index is 5.80. The Bertz CT molecular complexity index is 261. The molecule has 3 N–H and O–H groups in total. The minimum absolute atomic E-state index is 0.293. The van der Waals surface area contributed by atoms with Crippen LogP contribution in [0.4, 0.5) is 5.13 Å². The van der Waals surface area contributed by atoms with Crippen molar-refractivity contribution in [3.63, 3.8) is 0 Å². The van der Waals surface area contributed by atoms with Gasteiger partial charge in [-0.15, -0.1) is 0 Å². The quantitative estimate of drug-likeness (QED) is 0.755. The van der Waals surface area contributed by atoms with Crippen LogP contribution in [0.25, 0.3) is 0 Å². The van der Waals surface area contributed by atoms with Gasteiger partial charge in [0.1, 0.15) is 5.82 Å². The van der Waals surface area contributed by atoms with Crippen LogP contribution in [0.5, 0.6) is 0 Å². The number of aromatic nitrogens is 2. The molecule has 1 heterocycles. The number of nitrogens with one attached hydrogen (secondary N) is 1. The van der Waals surface area contributed by atoms with Crippen molar-refractivity contribution in [1.82, 2.24) is 9.36 Å². The van der Waals surface area contributed by atoms with Crippen LogP contribution in [0, 0.1) is 0 Å². The minimum Gasteiger partial charge on any atom is -0.360 e. The summed E-state index contributed by atoms with van der Waals surface area (Å²) in [5.74, 6) is 0.914. The summed E-state index contributed by atoms with van der Waals surface area (Å²) < 4.78 is 4.19. The van der Waals surface area contributed by atoms with Gasteiger partial charge in [-0.05, 0) is 12.8 Å². The molecule has 0 saturated carbocycles. The van der Waals surface area contributed by atoms with Crippen LogP contribution in [0.1, 0.15) is 32.5 Å². The first-order valence-electron chi connectivity index (χ1n) is 5.08. The lowest BCUT2D eigenvalue weighted by Crippen LogP contribution is -2.22. The van der Waals surface area contributed by atoms with Crippen LogP contribution in [0.2, 0.25) is 0 Å². The highest BCUT2D eigenvalue weighted by Crippen LogP contribution is 2.11. The maximum Gasteiger partial charge on any atom is 0.202 e. The van der Waals surface area contributed by atoms with Gasteiger partial charge in [-0.3, -0.25) is 0 Å². The summed E-state index contributed by atoms with van der Waals surface area (Å²) in [6.45, 7) is 5.04. The number of rotatable bonds is 6. The highest BCUT2D eigenvalue weighted by molar-refractivity contribution is 7.09. The van der Waals surface area contributed by atoms with Crippen LogP contribution in [-0.4, -0.2) is 21.9 Å². The third kappa shape index (κ3) is 3.59. The number of anilines is 1. The van der Waals surface area contributed by atoms with Crippen molar-refractivity contribution in [2.24, 2.45) is 5.73 Å². The standard InChI is InChI=1S/C9H18N4S/c1-3-7(10)5-6-11-9-12-8(4-2)13-14-9/h7H,3-6,10H2,1-2H3,(H,11,12,13). The van der Waals surface area contributed by atoms with Gasteiger partial charge in [0, 0.05) is 30.5 Å². The number of aryl methyl sites for hydroxylation is 1. The van der Waals surface area contributed by atoms with Crippen molar-refractivity contribution in [3.05, 3.63) is 5.82 Å². The zero-order valence-corrected chi connectivity index (χ0v) is 9.60. The second-order valence-electron chi connectivity index (χ2n) is 3.25. The number of nitrogens with zero attached hydrogens (tertiary/aromatic N) is 2. The van der Waals surface area contributed by atoms with Gasteiger partial charge in [0.25, 0.3) is 0 Å². The summed E-state index contributed by atoms with van der Waals surface area (Å²) in [6, 6.07) is 0.293. The third-order valence-electron chi connectivity index (χ3n) is 2.10. The second kappa shape index (κ2) is 5.93. The molecule has 0 aliphatic carbocycles. The van der Waals surface area contributed by atoms with Crippen LogP contribution in [0.3, 0.4) is 0 Å². The van der Waals surface area contributed by atoms with Crippen LogP contribution in [0.15, 0.2) is 0 Å². The van der Waals surface area contributed by atoms with Gasteiger partial charge < -0.3 is 11.1 Å². The Balaban J connectivity index is 2.24. The molecule has 80 valence electrons. The van der Waals surface area contributed by atoms with Gasteiger partial charge in [-0.25, -0.2) is 4.98 Å². The van der Waals surface area contributed by atoms with E-state index in [1.165, 1.54) is 11.5 Å². The molecule has 0 amide bonds. The first-order valence-corrected chi connectivity index (χ1v) is 5.85. The van der Waals surface area contributed by atoms with Crippen LogP contribution in [-0.2, 0) is 6.42 Å². The number of hydrogen-bond donors (Lipinski definition) is 2. The summed E-state index contributed by atoms with van der Waals surface area (Å²) in [5.41, 5.74) is 5.80. The largest absolute Gasteiger partial charge is 0.360 e. The predicted octanol–water partition coefficient (Wildman–Crippen LogP) is 1.64. The van der Waals surface area contributed by atoms with Crippen molar-refractivity contribution >= 4 is 16.7 Å². The van der Waals surface area contributed by atoms with Gasteiger partial charge in [-0.2, -0.15) is 4.37 Å². The van der Waals surface area contributed by atoms with E-state index >= 15 is 0 Å². The number of nitrogens with two attached hydrogens (primary N) is 1. The molecule has 1 unspecified atom stereocenters. The molecule has 0 aromatic carbocycles. The normalized spacial score (nSPS) is 12.8. The van der Waals surface area contributed by atoms with E-state index in [4.69, 9.17) is 5.73 Å². The fourth-order valence-electron chi connectivity index (χ4n) is 1.04. The fraction of sp³-hybridized carbons (Fsp3) is 0.778. The predicted molar refractivity (Wildman–Crippen MR) is 60.7 cm³/mol. The average Bonchev–Trinajstić information content (AvgIpc) is 2.65. The van der Waals surface area contributed by atoms with Gasteiger partial charge in [0.15, 0.2) is 0 Å². The second-order valence-corrected chi connectivity index (χ2v) is 4.00.